The molecule has 0 saturated carbocycles. The maximum Gasteiger partial charge on any atom is 0.236 e. The summed E-state index contributed by atoms with van der Waals surface area (Å²) in [4.78, 5) is 16.0. The standard InChI is InChI=1S/C17H29N3O/c1-14(2)16(18)10-11-19(3)13-17(21)20(4)12-15-8-6-5-7-9-15/h5-9,14,16H,10-13,18H2,1-4H3. The zero-order chi connectivity index (χ0) is 15.8. The highest BCUT2D eigenvalue weighted by Crippen LogP contribution is 2.05. The van der Waals surface area contributed by atoms with E-state index in [1.807, 2.05) is 49.3 Å². The Labute approximate surface area is 128 Å². The van der Waals surface area contributed by atoms with Gasteiger partial charge in [0.15, 0.2) is 0 Å². The van der Waals surface area contributed by atoms with Crippen LogP contribution in [-0.4, -0.2) is 48.9 Å². The van der Waals surface area contributed by atoms with Gasteiger partial charge >= 0.3 is 0 Å². The van der Waals surface area contributed by atoms with Gasteiger partial charge in [-0.3, -0.25) is 9.69 Å². The van der Waals surface area contributed by atoms with Crippen molar-refractivity contribution in [2.75, 3.05) is 27.2 Å². The van der Waals surface area contributed by atoms with Crippen LogP contribution in [-0.2, 0) is 11.3 Å². The van der Waals surface area contributed by atoms with Gasteiger partial charge in [-0.05, 0) is 31.5 Å². The second-order valence-corrected chi connectivity index (χ2v) is 6.17. The van der Waals surface area contributed by atoms with Crippen molar-refractivity contribution in [2.45, 2.75) is 32.9 Å². The Morgan fingerprint density at radius 3 is 2.38 bits per heavy atom. The van der Waals surface area contributed by atoms with Crippen molar-refractivity contribution in [3.8, 4) is 0 Å². The quantitative estimate of drug-likeness (QED) is 0.796. The minimum atomic E-state index is 0.138. The van der Waals surface area contributed by atoms with Crippen molar-refractivity contribution >= 4 is 5.91 Å². The second-order valence-electron chi connectivity index (χ2n) is 6.17. The number of carbonyl (C=O) groups excluding carboxylic acids is 1. The average Bonchev–Trinajstić information content (AvgIpc) is 2.45. The summed E-state index contributed by atoms with van der Waals surface area (Å²) >= 11 is 0. The molecule has 0 saturated heterocycles. The van der Waals surface area contributed by atoms with Crippen LogP contribution in [0.25, 0.3) is 0 Å². The lowest BCUT2D eigenvalue weighted by Gasteiger charge is -2.24. The first-order chi connectivity index (χ1) is 9.90. The number of hydrogen-bond donors (Lipinski definition) is 1. The summed E-state index contributed by atoms with van der Waals surface area (Å²) in [5.41, 5.74) is 7.19. The molecule has 0 aromatic heterocycles. The molecule has 2 N–H and O–H groups in total. The number of carbonyl (C=O) groups is 1. The van der Waals surface area contributed by atoms with E-state index in [1.54, 1.807) is 4.90 Å². The molecule has 1 aromatic carbocycles. The van der Waals surface area contributed by atoms with E-state index < -0.39 is 0 Å². The van der Waals surface area contributed by atoms with Crippen LogP contribution in [0.5, 0.6) is 0 Å². The number of amides is 1. The van der Waals surface area contributed by atoms with E-state index >= 15 is 0 Å². The predicted octanol–water partition coefficient (Wildman–Crippen LogP) is 1.95. The molecule has 0 aliphatic rings. The van der Waals surface area contributed by atoms with E-state index in [9.17, 15) is 4.79 Å². The number of likely N-dealkylation sites (N-methyl/N-ethyl adjacent to an activating group) is 2. The fraction of sp³-hybridized carbons (Fsp3) is 0.588. The van der Waals surface area contributed by atoms with Crippen molar-refractivity contribution in [1.82, 2.24) is 9.80 Å². The van der Waals surface area contributed by atoms with Gasteiger partial charge in [0, 0.05) is 19.6 Å². The smallest absolute Gasteiger partial charge is 0.236 e. The average molecular weight is 291 g/mol. The molecule has 1 amide bonds. The first-order valence-corrected chi connectivity index (χ1v) is 7.62. The Balaban J connectivity index is 2.34. The number of nitrogens with two attached hydrogens (primary N) is 1. The molecule has 0 heterocycles. The number of rotatable bonds is 8. The molecule has 0 spiro atoms. The van der Waals surface area contributed by atoms with Crippen LogP contribution in [0.2, 0.25) is 0 Å². The molecule has 1 atom stereocenters. The highest BCUT2D eigenvalue weighted by molar-refractivity contribution is 5.77. The van der Waals surface area contributed by atoms with Crippen LogP contribution in [0.1, 0.15) is 25.8 Å². The van der Waals surface area contributed by atoms with E-state index in [1.165, 1.54) is 0 Å². The second kappa shape index (κ2) is 8.80. The summed E-state index contributed by atoms with van der Waals surface area (Å²) < 4.78 is 0. The lowest BCUT2D eigenvalue weighted by atomic mass is 10.0. The van der Waals surface area contributed by atoms with Crippen LogP contribution in [0.3, 0.4) is 0 Å². The highest BCUT2D eigenvalue weighted by atomic mass is 16.2. The van der Waals surface area contributed by atoms with Crippen LogP contribution in [0.15, 0.2) is 30.3 Å². The van der Waals surface area contributed by atoms with Gasteiger partial charge in [0.25, 0.3) is 0 Å². The molecule has 4 heteroatoms. The molecule has 0 fully saturated rings. The summed E-state index contributed by atoms with van der Waals surface area (Å²) in [6.45, 7) is 6.20. The molecule has 1 unspecified atom stereocenters. The van der Waals surface area contributed by atoms with Crippen molar-refractivity contribution in [2.24, 2.45) is 11.7 Å². The molecule has 0 bridgehead atoms. The lowest BCUT2D eigenvalue weighted by Crippen LogP contribution is -2.38. The van der Waals surface area contributed by atoms with Crippen molar-refractivity contribution in [1.29, 1.82) is 0 Å². The van der Waals surface area contributed by atoms with Crippen molar-refractivity contribution < 1.29 is 4.79 Å². The van der Waals surface area contributed by atoms with Gasteiger partial charge in [-0.15, -0.1) is 0 Å². The summed E-state index contributed by atoms with van der Waals surface area (Å²) in [7, 11) is 3.82. The van der Waals surface area contributed by atoms with Crippen LogP contribution < -0.4 is 5.73 Å². The number of benzene rings is 1. The first kappa shape index (κ1) is 17.7. The lowest BCUT2D eigenvalue weighted by molar-refractivity contribution is -0.131. The molecule has 21 heavy (non-hydrogen) atoms. The van der Waals surface area contributed by atoms with E-state index in [0.29, 0.717) is 19.0 Å². The minimum absolute atomic E-state index is 0.138. The largest absolute Gasteiger partial charge is 0.340 e. The molecule has 4 nitrogen and oxygen atoms in total. The summed E-state index contributed by atoms with van der Waals surface area (Å²) in [6, 6.07) is 10.2. The third kappa shape index (κ3) is 6.74. The molecule has 0 aliphatic carbocycles. The Morgan fingerprint density at radius 2 is 1.81 bits per heavy atom. The third-order valence-electron chi connectivity index (χ3n) is 3.79. The minimum Gasteiger partial charge on any atom is -0.340 e. The molecule has 1 rings (SSSR count). The summed E-state index contributed by atoms with van der Waals surface area (Å²) in [6.07, 6.45) is 0.920. The maximum atomic E-state index is 12.2. The van der Waals surface area contributed by atoms with E-state index in [0.717, 1.165) is 18.5 Å². The van der Waals surface area contributed by atoms with Gasteiger partial charge in [0.05, 0.1) is 6.54 Å². The molecular formula is C17H29N3O. The van der Waals surface area contributed by atoms with E-state index in [4.69, 9.17) is 5.73 Å². The number of hydrogen-bond acceptors (Lipinski definition) is 3. The van der Waals surface area contributed by atoms with Gasteiger partial charge in [0.1, 0.15) is 0 Å². The Kier molecular flexibility index (Phi) is 7.40. The molecule has 0 aliphatic heterocycles. The maximum absolute atomic E-state index is 12.2. The van der Waals surface area contributed by atoms with Gasteiger partial charge < -0.3 is 10.6 Å². The fourth-order valence-corrected chi connectivity index (χ4v) is 2.08. The van der Waals surface area contributed by atoms with Gasteiger partial charge in [-0.2, -0.15) is 0 Å². The summed E-state index contributed by atoms with van der Waals surface area (Å²) in [5, 5.41) is 0. The van der Waals surface area contributed by atoms with Crippen molar-refractivity contribution in [3.63, 3.8) is 0 Å². The van der Waals surface area contributed by atoms with E-state index in [-0.39, 0.29) is 11.9 Å². The molecule has 1 aromatic rings. The van der Waals surface area contributed by atoms with E-state index in [2.05, 4.69) is 13.8 Å². The molecule has 118 valence electrons. The van der Waals surface area contributed by atoms with Gasteiger partial charge in [-0.1, -0.05) is 44.2 Å². The normalized spacial score (nSPS) is 12.7. The first-order valence-electron chi connectivity index (χ1n) is 7.62. The van der Waals surface area contributed by atoms with Crippen LogP contribution in [0, 0.1) is 5.92 Å². The molecular weight excluding hydrogens is 262 g/mol. The Bertz CT molecular complexity index is 419. The topological polar surface area (TPSA) is 49.6 Å². The monoisotopic (exact) mass is 291 g/mol. The van der Waals surface area contributed by atoms with Gasteiger partial charge in [-0.25, -0.2) is 0 Å². The molecule has 0 radical (unpaired) electrons. The van der Waals surface area contributed by atoms with Crippen molar-refractivity contribution in [3.05, 3.63) is 35.9 Å². The van der Waals surface area contributed by atoms with Crippen LogP contribution in [0.4, 0.5) is 0 Å². The van der Waals surface area contributed by atoms with Crippen LogP contribution >= 0.6 is 0 Å². The zero-order valence-electron chi connectivity index (χ0n) is 13.7. The predicted molar refractivity (Wildman–Crippen MR) is 87.8 cm³/mol. The Hall–Kier alpha value is -1.39. The Morgan fingerprint density at radius 1 is 1.19 bits per heavy atom. The van der Waals surface area contributed by atoms with Gasteiger partial charge in [0.2, 0.25) is 5.91 Å². The summed E-state index contributed by atoms with van der Waals surface area (Å²) in [5.74, 6) is 0.620. The SMILES string of the molecule is CC(C)C(N)CCN(C)CC(=O)N(C)Cc1ccccc1. The zero-order valence-corrected chi connectivity index (χ0v) is 13.7. The number of nitrogens with zero attached hydrogens (tertiary/aromatic N) is 2. The fourth-order valence-electron chi connectivity index (χ4n) is 2.08. The third-order valence-corrected chi connectivity index (χ3v) is 3.79. The highest BCUT2D eigenvalue weighted by Gasteiger charge is 2.14.